The van der Waals surface area contributed by atoms with Crippen molar-refractivity contribution in [3.63, 3.8) is 0 Å². The first-order valence-electron chi connectivity index (χ1n) is 10.7. The van der Waals surface area contributed by atoms with Crippen molar-refractivity contribution in [2.24, 2.45) is 0 Å². The Kier molecular flexibility index (Phi) is 8.46. The van der Waals surface area contributed by atoms with Crippen LogP contribution in [0.25, 0.3) is 0 Å². The molecule has 0 fully saturated rings. The molecular weight excluding hydrogens is 438 g/mol. The number of nitrogens with one attached hydrogen (secondary N) is 3. The van der Waals surface area contributed by atoms with Gasteiger partial charge in [0.2, 0.25) is 11.8 Å². The standard InChI is InChI=1S/C26H27N3O3.ClH/c1-32-22-13-7-12-21(16-22)28-26(31)24(14-18-8-3-2-4-9-18)29-25(30)23-15-19-10-5-6-11-20(19)17-27-23;/h2-13,16,23-24,27H,14-15,17H2,1H3,(H,28,31)(H,29,30);1H. The molecule has 0 radical (unpaired) electrons. The summed E-state index contributed by atoms with van der Waals surface area (Å²) in [6, 6.07) is 23.8. The van der Waals surface area contributed by atoms with E-state index in [9.17, 15) is 9.59 Å². The first kappa shape index (κ1) is 24.3. The molecule has 0 spiro atoms. The van der Waals surface area contributed by atoms with Gasteiger partial charge in [-0.25, -0.2) is 0 Å². The van der Waals surface area contributed by atoms with E-state index in [-0.39, 0.29) is 30.3 Å². The number of rotatable bonds is 7. The number of hydrogen-bond donors (Lipinski definition) is 3. The number of carbonyl (C=O) groups excluding carboxylic acids is 2. The maximum Gasteiger partial charge on any atom is 0.247 e. The Labute approximate surface area is 200 Å². The third-order valence-corrected chi connectivity index (χ3v) is 5.65. The fraction of sp³-hybridized carbons (Fsp3) is 0.231. The van der Waals surface area contributed by atoms with E-state index in [1.807, 2.05) is 60.7 Å². The van der Waals surface area contributed by atoms with Gasteiger partial charge in [-0.05, 0) is 35.2 Å². The first-order chi connectivity index (χ1) is 15.6. The number of fused-ring (bicyclic) bond motifs is 1. The number of amides is 2. The molecule has 0 aromatic heterocycles. The molecule has 1 heterocycles. The molecule has 2 atom stereocenters. The van der Waals surface area contributed by atoms with Crippen molar-refractivity contribution < 1.29 is 14.3 Å². The lowest BCUT2D eigenvalue weighted by Crippen LogP contribution is -2.53. The van der Waals surface area contributed by atoms with Gasteiger partial charge in [-0.1, -0.05) is 60.7 Å². The van der Waals surface area contributed by atoms with Crippen molar-refractivity contribution >= 4 is 29.9 Å². The van der Waals surface area contributed by atoms with Crippen molar-refractivity contribution in [3.8, 4) is 5.75 Å². The van der Waals surface area contributed by atoms with E-state index < -0.39 is 6.04 Å². The zero-order valence-electron chi connectivity index (χ0n) is 18.4. The Morgan fingerprint density at radius 3 is 2.48 bits per heavy atom. The van der Waals surface area contributed by atoms with Gasteiger partial charge >= 0.3 is 0 Å². The van der Waals surface area contributed by atoms with Gasteiger partial charge < -0.3 is 20.7 Å². The molecule has 6 nitrogen and oxygen atoms in total. The molecular formula is C26H28ClN3O3. The van der Waals surface area contributed by atoms with Gasteiger partial charge in [0.15, 0.2) is 0 Å². The molecule has 1 aliphatic rings. The van der Waals surface area contributed by atoms with E-state index in [1.54, 1.807) is 19.2 Å². The van der Waals surface area contributed by atoms with E-state index in [1.165, 1.54) is 5.56 Å². The summed E-state index contributed by atoms with van der Waals surface area (Å²) in [6.45, 7) is 0.633. The second kappa shape index (κ2) is 11.5. The van der Waals surface area contributed by atoms with Crippen LogP contribution in [0, 0.1) is 0 Å². The Morgan fingerprint density at radius 2 is 1.73 bits per heavy atom. The zero-order valence-corrected chi connectivity index (χ0v) is 19.2. The Bertz CT molecular complexity index is 1090. The molecule has 3 aromatic carbocycles. The summed E-state index contributed by atoms with van der Waals surface area (Å²) in [5.74, 6) is 0.199. The quantitative estimate of drug-likeness (QED) is 0.499. The van der Waals surface area contributed by atoms with Gasteiger partial charge in [-0.15, -0.1) is 12.4 Å². The Hall–Kier alpha value is -3.35. The molecule has 7 heteroatoms. The third kappa shape index (κ3) is 6.34. The summed E-state index contributed by atoms with van der Waals surface area (Å²) in [7, 11) is 1.58. The van der Waals surface area contributed by atoms with Gasteiger partial charge in [0.05, 0.1) is 13.2 Å². The average Bonchev–Trinajstić information content (AvgIpc) is 2.84. The summed E-state index contributed by atoms with van der Waals surface area (Å²) >= 11 is 0. The number of ether oxygens (including phenoxy) is 1. The average molecular weight is 466 g/mol. The maximum absolute atomic E-state index is 13.1. The summed E-state index contributed by atoms with van der Waals surface area (Å²) in [4.78, 5) is 26.2. The minimum absolute atomic E-state index is 0. The van der Waals surface area contributed by atoms with Crippen molar-refractivity contribution in [2.75, 3.05) is 12.4 Å². The normalized spacial score (nSPS) is 15.4. The van der Waals surface area contributed by atoms with E-state index in [4.69, 9.17) is 4.74 Å². The summed E-state index contributed by atoms with van der Waals surface area (Å²) < 4.78 is 5.24. The molecule has 1 aliphatic heterocycles. The largest absolute Gasteiger partial charge is 0.497 e. The predicted molar refractivity (Wildman–Crippen MR) is 132 cm³/mol. The van der Waals surface area contributed by atoms with Crippen LogP contribution in [0.1, 0.15) is 16.7 Å². The number of methoxy groups -OCH3 is 1. The topological polar surface area (TPSA) is 79.5 Å². The second-order valence-electron chi connectivity index (χ2n) is 7.88. The molecule has 2 unspecified atom stereocenters. The van der Waals surface area contributed by atoms with Crippen LogP contribution in [0.3, 0.4) is 0 Å². The molecule has 3 N–H and O–H groups in total. The van der Waals surface area contributed by atoms with Crippen LogP contribution in [0.15, 0.2) is 78.9 Å². The fourth-order valence-electron chi connectivity index (χ4n) is 3.90. The lowest BCUT2D eigenvalue weighted by molar-refractivity contribution is -0.128. The first-order valence-corrected chi connectivity index (χ1v) is 10.7. The number of carbonyl (C=O) groups is 2. The molecule has 3 aromatic rings. The highest BCUT2D eigenvalue weighted by Gasteiger charge is 2.28. The van der Waals surface area contributed by atoms with Gasteiger partial charge in [-0.2, -0.15) is 0 Å². The van der Waals surface area contributed by atoms with Crippen molar-refractivity contribution in [2.45, 2.75) is 31.5 Å². The van der Waals surface area contributed by atoms with Crippen molar-refractivity contribution in [1.29, 1.82) is 0 Å². The van der Waals surface area contributed by atoms with Crippen LogP contribution in [0.4, 0.5) is 5.69 Å². The maximum atomic E-state index is 13.1. The molecule has 0 aliphatic carbocycles. The van der Waals surface area contributed by atoms with Crippen LogP contribution < -0.4 is 20.7 Å². The number of benzene rings is 3. The zero-order chi connectivity index (χ0) is 22.3. The summed E-state index contributed by atoms with van der Waals surface area (Å²) in [5.41, 5.74) is 3.95. The summed E-state index contributed by atoms with van der Waals surface area (Å²) in [6.07, 6.45) is 0.989. The van der Waals surface area contributed by atoms with E-state index in [0.29, 0.717) is 30.8 Å². The van der Waals surface area contributed by atoms with Crippen LogP contribution in [-0.4, -0.2) is 31.0 Å². The fourth-order valence-corrected chi connectivity index (χ4v) is 3.90. The molecule has 4 rings (SSSR count). The molecule has 172 valence electrons. The van der Waals surface area contributed by atoms with E-state index in [0.717, 1.165) is 11.1 Å². The van der Waals surface area contributed by atoms with Crippen LogP contribution >= 0.6 is 12.4 Å². The Morgan fingerprint density at radius 1 is 1.00 bits per heavy atom. The van der Waals surface area contributed by atoms with Gasteiger partial charge in [0, 0.05) is 24.7 Å². The van der Waals surface area contributed by atoms with Crippen LogP contribution in [-0.2, 0) is 29.0 Å². The lowest BCUT2D eigenvalue weighted by atomic mass is 9.95. The molecule has 33 heavy (non-hydrogen) atoms. The Balaban J connectivity index is 0.00000306. The van der Waals surface area contributed by atoms with Gasteiger partial charge in [0.1, 0.15) is 11.8 Å². The predicted octanol–water partition coefficient (Wildman–Crippen LogP) is 3.50. The van der Waals surface area contributed by atoms with Gasteiger partial charge in [0.25, 0.3) is 0 Å². The smallest absolute Gasteiger partial charge is 0.247 e. The van der Waals surface area contributed by atoms with Gasteiger partial charge in [-0.3, -0.25) is 9.59 Å². The van der Waals surface area contributed by atoms with Crippen LogP contribution in [0.2, 0.25) is 0 Å². The minimum Gasteiger partial charge on any atom is -0.497 e. The number of halogens is 1. The highest BCUT2D eigenvalue weighted by molar-refractivity contribution is 5.98. The SMILES string of the molecule is COc1cccc(NC(=O)C(Cc2ccccc2)NC(=O)C2Cc3ccccc3CN2)c1.Cl. The molecule has 0 saturated carbocycles. The molecule has 2 amide bonds. The molecule has 0 bridgehead atoms. The summed E-state index contributed by atoms with van der Waals surface area (Å²) in [5, 5.41) is 9.16. The highest BCUT2D eigenvalue weighted by Crippen LogP contribution is 2.18. The van der Waals surface area contributed by atoms with E-state index >= 15 is 0 Å². The third-order valence-electron chi connectivity index (χ3n) is 5.65. The van der Waals surface area contributed by atoms with E-state index in [2.05, 4.69) is 22.0 Å². The number of hydrogen-bond acceptors (Lipinski definition) is 4. The second-order valence-corrected chi connectivity index (χ2v) is 7.88. The minimum atomic E-state index is -0.713. The lowest BCUT2D eigenvalue weighted by Gasteiger charge is -2.27. The number of anilines is 1. The van der Waals surface area contributed by atoms with Crippen LogP contribution in [0.5, 0.6) is 5.75 Å². The van der Waals surface area contributed by atoms with Crippen molar-refractivity contribution in [3.05, 3.63) is 95.6 Å². The highest BCUT2D eigenvalue weighted by atomic mass is 35.5. The monoisotopic (exact) mass is 465 g/mol. The molecule has 0 saturated heterocycles. The van der Waals surface area contributed by atoms with Crippen molar-refractivity contribution in [1.82, 2.24) is 10.6 Å².